The summed E-state index contributed by atoms with van der Waals surface area (Å²) in [5.74, 6) is 0.460. The summed E-state index contributed by atoms with van der Waals surface area (Å²) in [6.07, 6.45) is -0.347. The van der Waals surface area contributed by atoms with Crippen LogP contribution < -0.4 is 10.6 Å². The minimum absolute atomic E-state index is 0.110. The predicted molar refractivity (Wildman–Crippen MR) is 67.1 cm³/mol. The van der Waals surface area contributed by atoms with E-state index in [0.717, 1.165) is 38.5 Å². The van der Waals surface area contributed by atoms with Gasteiger partial charge in [0.05, 0.1) is 5.69 Å². The number of phenols is 1. The van der Waals surface area contributed by atoms with Crippen molar-refractivity contribution in [3.05, 3.63) is 23.8 Å². The SMILES string of the molecule is Oc1cc(C(F)F)ccc1NCC1CCNCC1. The summed E-state index contributed by atoms with van der Waals surface area (Å²) >= 11 is 0. The summed E-state index contributed by atoms with van der Waals surface area (Å²) in [5, 5.41) is 16.1. The molecule has 0 spiro atoms. The van der Waals surface area contributed by atoms with Gasteiger partial charge in [-0.15, -0.1) is 0 Å². The molecule has 0 radical (unpaired) electrons. The van der Waals surface area contributed by atoms with E-state index in [9.17, 15) is 13.9 Å². The van der Waals surface area contributed by atoms with Gasteiger partial charge in [0, 0.05) is 12.1 Å². The first kappa shape index (κ1) is 13.1. The van der Waals surface area contributed by atoms with Gasteiger partial charge in [0.1, 0.15) is 5.75 Å². The van der Waals surface area contributed by atoms with E-state index in [1.54, 1.807) is 0 Å². The number of phenolic OH excluding ortho intramolecular Hbond substituents is 1. The van der Waals surface area contributed by atoms with Crippen LogP contribution in [0.15, 0.2) is 18.2 Å². The summed E-state index contributed by atoms with van der Waals surface area (Å²) in [6, 6.07) is 3.97. The molecule has 0 unspecified atom stereocenters. The Morgan fingerprint density at radius 3 is 2.67 bits per heavy atom. The molecule has 0 aliphatic carbocycles. The lowest BCUT2D eigenvalue weighted by Gasteiger charge is -2.23. The Kier molecular flexibility index (Phi) is 4.36. The molecule has 0 bridgehead atoms. The van der Waals surface area contributed by atoms with Gasteiger partial charge < -0.3 is 15.7 Å². The Labute approximate surface area is 105 Å². The molecule has 0 saturated carbocycles. The maximum absolute atomic E-state index is 12.4. The topological polar surface area (TPSA) is 44.3 Å². The van der Waals surface area contributed by atoms with Crippen molar-refractivity contribution in [2.75, 3.05) is 25.0 Å². The second-order valence-electron chi connectivity index (χ2n) is 4.65. The zero-order valence-electron chi connectivity index (χ0n) is 10.1. The monoisotopic (exact) mass is 256 g/mol. The minimum Gasteiger partial charge on any atom is -0.506 e. The van der Waals surface area contributed by atoms with E-state index in [1.807, 2.05) is 0 Å². The highest BCUT2D eigenvalue weighted by Gasteiger charge is 2.14. The lowest BCUT2D eigenvalue weighted by atomic mass is 9.98. The molecule has 3 N–H and O–H groups in total. The van der Waals surface area contributed by atoms with Crippen LogP contribution in [0, 0.1) is 5.92 Å². The fraction of sp³-hybridized carbons (Fsp3) is 0.538. The normalized spacial score (nSPS) is 17.1. The molecule has 1 aromatic carbocycles. The number of aromatic hydroxyl groups is 1. The fourth-order valence-corrected chi connectivity index (χ4v) is 2.17. The van der Waals surface area contributed by atoms with Gasteiger partial charge in [-0.25, -0.2) is 8.78 Å². The van der Waals surface area contributed by atoms with E-state index in [1.165, 1.54) is 12.1 Å². The van der Waals surface area contributed by atoms with E-state index in [2.05, 4.69) is 10.6 Å². The van der Waals surface area contributed by atoms with Gasteiger partial charge >= 0.3 is 0 Å². The second-order valence-corrected chi connectivity index (χ2v) is 4.65. The Morgan fingerprint density at radius 1 is 1.33 bits per heavy atom. The lowest BCUT2D eigenvalue weighted by molar-refractivity contribution is 0.151. The summed E-state index contributed by atoms with van der Waals surface area (Å²) in [7, 11) is 0. The van der Waals surface area contributed by atoms with Gasteiger partial charge in [-0.1, -0.05) is 6.07 Å². The van der Waals surface area contributed by atoms with Gasteiger partial charge in [-0.2, -0.15) is 0 Å². The highest BCUT2D eigenvalue weighted by molar-refractivity contribution is 5.57. The van der Waals surface area contributed by atoms with Crippen LogP contribution in [0.4, 0.5) is 14.5 Å². The first-order valence-electron chi connectivity index (χ1n) is 6.22. The second kappa shape index (κ2) is 6.00. The number of halogens is 2. The third-order valence-electron chi connectivity index (χ3n) is 3.31. The van der Waals surface area contributed by atoms with Crippen molar-refractivity contribution in [1.82, 2.24) is 5.32 Å². The van der Waals surface area contributed by atoms with Crippen LogP contribution in [-0.4, -0.2) is 24.7 Å². The molecule has 1 heterocycles. The van der Waals surface area contributed by atoms with Gasteiger partial charge in [-0.3, -0.25) is 0 Å². The van der Waals surface area contributed by atoms with Crippen molar-refractivity contribution >= 4 is 5.69 Å². The van der Waals surface area contributed by atoms with Crippen LogP contribution >= 0.6 is 0 Å². The highest BCUT2D eigenvalue weighted by Crippen LogP contribution is 2.29. The largest absolute Gasteiger partial charge is 0.506 e. The number of hydrogen-bond acceptors (Lipinski definition) is 3. The first-order chi connectivity index (χ1) is 8.66. The van der Waals surface area contributed by atoms with E-state index >= 15 is 0 Å². The molecule has 18 heavy (non-hydrogen) atoms. The van der Waals surface area contributed by atoms with Gasteiger partial charge in [0.2, 0.25) is 0 Å². The molecule has 3 nitrogen and oxygen atoms in total. The Bertz CT molecular complexity index is 393. The standard InChI is InChI=1S/C13H18F2N2O/c14-13(15)10-1-2-11(12(18)7-10)17-8-9-3-5-16-6-4-9/h1-2,7,9,13,16-18H,3-6,8H2. The lowest BCUT2D eigenvalue weighted by Crippen LogP contribution is -2.31. The maximum atomic E-state index is 12.4. The Hall–Kier alpha value is -1.36. The van der Waals surface area contributed by atoms with E-state index < -0.39 is 6.43 Å². The van der Waals surface area contributed by atoms with Crippen LogP contribution in [0.25, 0.3) is 0 Å². The van der Waals surface area contributed by atoms with Crippen LogP contribution in [0.5, 0.6) is 5.75 Å². The molecule has 2 rings (SSSR count). The van der Waals surface area contributed by atoms with Crippen molar-refractivity contribution in [3.8, 4) is 5.75 Å². The van der Waals surface area contributed by atoms with Gasteiger partial charge in [-0.05, 0) is 44.0 Å². The van der Waals surface area contributed by atoms with Crippen LogP contribution in [0.2, 0.25) is 0 Å². The number of nitrogens with one attached hydrogen (secondary N) is 2. The van der Waals surface area contributed by atoms with Crippen molar-refractivity contribution in [2.24, 2.45) is 5.92 Å². The maximum Gasteiger partial charge on any atom is 0.263 e. The molecule has 1 fully saturated rings. The highest BCUT2D eigenvalue weighted by atomic mass is 19.3. The number of benzene rings is 1. The van der Waals surface area contributed by atoms with Crippen LogP contribution in [0.1, 0.15) is 24.8 Å². The Morgan fingerprint density at radius 2 is 2.06 bits per heavy atom. The minimum atomic E-state index is -2.55. The molecule has 100 valence electrons. The molecule has 0 amide bonds. The quantitative estimate of drug-likeness (QED) is 0.726. The molecule has 1 aliphatic heterocycles. The zero-order valence-corrected chi connectivity index (χ0v) is 10.1. The number of alkyl halides is 2. The average Bonchev–Trinajstić information content (AvgIpc) is 2.38. The van der Waals surface area contributed by atoms with Gasteiger partial charge in [0.25, 0.3) is 6.43 Å². The molecule has 1 aliphatic rings. The van der Waals surface area contributed by atoms with Crippen LogP contribution in [-0.2, 0) is 0 Å². The van der Waals surface area contributed by atoms with Crippen molar-refractivity contribution in [1.29, 1.82) is 0 Å². The smallest absolute Gasteiger partial charge is 0.263 e. The van der Waals surface area contributed by atoms with Crippen molar-refractivity contribution < 1.29 is 13.9 Å². The predicted octanol–water partition coefficient (Wildman–Crippen LogP) is 2.74. The van der Waals surface area contributed by atoms with Crippen molar-refractivity contribution in [3.63, 3.8) is 0 Å². The fourth-order valence-electron chi connectivity index (χ4n) is 2.17. The molecule has 5 heteroatoms. The molecule has 0 aromatic heterocycles. The number of piperidine rings is 1. The summed E-state index contributed by atoms with van der Waals surface area (Å²) in [6.45, 7) is 2.80. The van der Waals surface area contributed by atoms with Crippen LogP contribution in [0.3, 0.4) is 0 Å². The molecular formula is C13H18F2N2O. The molecule has 1 saturated heterocycles. The number of hydrogen-bond donors (Lipinski definition) is 3. The summed E-state index contributed by atoms with van der Waals surface area (Å²) in [5.41, 5.74) is 0.373. The first-order valence-corrected chi connectivity index (χ1v) is 6.22. The third kappa shape index (κ3) is 3.32. The molecular weight excluding hydrogens is 238 g/mol. The van der Waals surface area contributed by atoms with E-state index in [-0.39, 0.29) is 11.3 Å². The third-order valence-corrected chi connectivity index (χ3v) is 3.31. The van der Waals surface area contributed by atoms with E-state index in [0.29, 0.717) is 11.6 Å². The van der Waals surface area contributed by atoms with Gasteiger partial charge in [0.15, 0.2) is 0 Å². The summed E-state index contributed by atoms with van der Waals surface area (Å²) < 4.78 is 24.8. The Balaban J connectivity index is 1.92. The molecule has 0 atom stereocenters. The molecule has 1 aromatic rings. The van der Waals surface area contributed by atoms with E-state index in [4.69, 9.17) is 0 Å². The average molecular weight is 256 g/mol. The van der Waals surface area contributed by atoms with Crippen molar-refractivity contribution in [2.45, 2.75) is 19.3 Å². The number of rotatable bonds is 4. The number of anilines is 1. The summed E-state index contributed by atoms with van der Waals surface area (Å²) in [4.78, 5) is 0. The zero-order chi connectivity index (χ0) is 13.0.